The molecule has 0 aliphatic carbocycles. The second-order valence-corrected chi connectivity index (χ2v) is 5.76. The molecule has 3 rings (SSSR count). The standard InChI is InChI=1S/C12H8N4O.2ClHO4.H2O/c1-5-13-6-2-9(1)11-15-16-12(17-11)10-3-7-14-8-4-10;2*2-1(3,4)5;/h1-8H;2*(H,2,3,4,5);1H2. The smallest absolute Gasteiger partial charge is 0.248 e. The van der Waals surface area contributed by atoms with E-state index >= 15 is 0 Å². The fourth-order valence-electron chi connectivity index (χ4n) is 1.52. The highest BCUT2D eigenvalue weighted by molar-refractivity contribution is 5.56. The molecule has 16 heteroatoms. The van der Waals surface area contributed by atoms with Crippen molar-refractivity contribution in [3.05, 3.63) is 49.1 Å². The highest BCUT2D eigenvalue weighted by atomic mass is 35.7. The van der Waals surface area contributed by atoms with E-state index in [1.807, 2.05) is 49.1 Å². The zero-order valence-corrected chi connectivity index (χ0v) is 15.0. The largest absolute Gasteiger partial charge is 0.416 e. The summed E-state index contributed by atoms with van der Waals surface area (Å²) in [7, 11) is -9.89. The number of halogens is 2. The Balaban J connectivity index is 0.000000560. The first kappa shape index (κ1) is 25.7. The molecule has 28 heavy (non-hydrogen) atoms. The second-order valence-electron chi connectivity index (χ2n) is 4.25. The quantitative estimate of drug-likeness (QED) is 0.358. The molecular weight excluding hydrogens is 431 g/mol. The lowest BCUT2D eigenvalue weighted by atomic mass is 10.3. The van der Waals surface area contributed by atoms with Crippen LogP contribution in [-0.4, -0.2) is 15.7 Å². The molecule has 3 aromatic heterocycles. The van der Waals surface area contributed by atoms with Gasteiger partial charge >= 0.3 is 0 Å². The Labute approximate surface area is 160 Å². The number of hydrogen-bond acceptors (Lipinski definition) is 11. The van der Waals surface area contributed by atoms with Gasteiger partial charge in [-0.1, -0.05) is 0 Å². The van der Waals surface area contributed by atoms with Gasteiger partial charge in [-0.05, 0) is 0 Å². The number of rotatable bonds is 2. The molecule has 0 bridgehead atoms. The molecule has 0 aliphatic heterocycles. The molecule has 0 spiro atoms. The molecule has 3 aromatic rings. The Morgan fingerprint density at radius 3 is 1.11 bits per heavy atom. The van der Waals surface area contributed by atoms with Crippen LogP contribution in [-0.2, 0) is 0 Å². The number of nitrogens with one attached hydrogen (secondary N) is 2. The van der Waals surface area contributed by atoms with Crippen molar-refractivity contribution < 1.29 is 77.6 Å². The first-order valence-electron chi connectivity index (χ1n) is 6.43. The number of nitrogens with zero attached hydrogens (tertiary/aromatic N) is 2. The van der Waals surface area contributed by atoms with E-state index < -0.39 is 20.5 Å². The van der Waals surface area contributed by atoms with Gasteiger partial charge in [-0.3, -0.25) is 0 Å². The van der Waals surface area contributed by atoms with Crippen LogP contribution in [0.25, 0.3) is 22.9 Å². The zero-order chi connectivity index (χ0) is 20.5. The molecule has 0 radical (unpaired) electrons. The minimum absolute atomic E-state index is 0. The van der Waals surface area contributed by atoms with E-state index in [0.717, 1.165) is 11.1 Å². The minimum atomic E-state index is -4.94. The highest BCUT2D eigenvalue weighted by Crippen LogP contribution is 2.21. The molecule has 0 fully saturated rings. The molecule has 0 unspecified atom stereocenters. The van der Waals surface area contributed by atoms with E-state index in [1.54, 1.807) is 0 Å². The molecule has 154 valence electrons. The van der Waals surface area contributed by atoms with Crippen LogP contribution in [0.5, 0.6) is 0 Å². The second kappa shape index (κ2) is 11.5. The van der Waals surface area contributed by atoms with E-state index in [0.29, 0.717) is 11.8 Å². The third-order valence-electron chi connectivity index (χ3n) is 2.36. The van der Waals surface area contributed by atoms with Gasteiger partial charge in [0.2, 0.25) is 11.8 Å². The van der Waals surface area contributed by atoms with Crippen LogP contribution in [0, 0.1) is 20.5 Å². The van der Waals surface area contributed by atoms with Gasteiger partial charge in [-0.25, -0.2) is 47.2 Å². The average Bonchev–Trinajstić information content (AvgIpc) is 3.03. The van der Waals surface area contributed by atoms with Gasteiger partial charge < -0.3 is 9.89 Å². The lowest BCUT2D eigenvalue weighted by molar-refractivity contribution is -2.00. The molecule has 0 aliphatic rings. The van der Waals surface area contributed by atoms with Crippen molar-refractivity contribution in [2.24, 2.45) is 0 Å². The van der Waals surface area contributed by atoms with Gasteiger partial charge in [0.05, 0.1) is 11.1 Å². The van der Waals surface area contributed by atoms with Gasteiger partial charge in [0.25, 0.3) is 0 Å². The van der Waals surface area contributed by atoms with E-state index in [4.69, 9.17) is 41.7 Å². The van der Waals surface area contributed by atoms with Crippen molar-refractivity contribution >= 4 is 0 Å². The Bertz CT molecular complexity index is 717. The fraction of sp³-hybridized carbons (Fsp3) is 0. The average molecular weight is 443 g/mol. The molecule has 0 amide bonds. The Morgan fingerprint density at radius 1 is 0.607 bits per heavy atom. The number of aromatic amines is 2. The summed E-state index contributed by atoms with van der Waals surface area (Å²) in [6, 6.07) is 7.54. The van der Waals surface area contributed by atoms with Crippen LogP contribution in [0.1, 0.15) is 0 Å². The lowest BCUT2D eigenvalue weighted by Crippen LogP contribution is -2.68. The Kier molecular flexibility index (Phi) is 10.5. The van der Waals surface area contributed by atoms with E-state index in [-0.39, 0.29) is 5.48 Å². The Hall–Kier alpha value is -2.34. The summed E-state index contributed by atoms with van der Waals surface area (Å²) < 4.78 is 73.6. The van der Waals surface area contributed by atoms with Crippen molar-refractivity contribution in [2.45, 2.75) is 0 Å². The number of pyridine rings is 2. The highest BCUT2D eigenvalue weighted by Gasteiger charge is 2.10. The topological polar surface area (TPSA) is 283 Å². The molecule has 0 atom stereocenters. The predicted octanol–water partition coefficient (Wildman–Crippen LogP) is -9.30. The zero-order valence-electron chi connectivity index (χ0n) is 13.4. The van der Waals surface area contributed by atoms with E-state index in [9.17, 15) is 0 Å². The normalized spacial score (nSPS) is 10.6. The maximum absolute atomic E-state index is 8.49. The van der Waals surface area contributed by atoms with Crippen LogP contribution in [0.3, 0.4) is 0 Å². The summed E-state index contributed by atoms with van der Waals surface area (Å²) in [5.41, 5.74) is 1.79. The van der Waals surface area contributed by atoms with Crippen molar-refractivity contribution in [2.75, 3.05) is 0 Å². The van der Waals surface area contributed by atoms with Crippen molar-refractivity contribution in [1.29, 1.82) is 0 Å². The lowest BCUT2D eigenvalue weighted by Gasteiger charge is -2.17. The number of aromatic nitrogens is 4. The first-order chi connectivity index (χ1) is 12.4. The SMILES string of the molecule is O.[O-][Cl+3]([O-])([O-])[O-].[O-][Cl+3]([O-])([O-])[O-].c1cc(-c2nnc(-c3cc[nH+]cc3)o2)cc[nH+]1. The van der Waals surface area contributed by atoms with Gasteiger partial charge in [-0.15, -0.1) is 30.7 Å². The third-order valence-corrected chi connectivity index (χ3v) is 2.36. The Morgan fingerprint density at radius 2 is 0.857 bits per heavy atom. The van der Waals surface area contributed by atoms with Crippen LogP contribution < -0.4 is 47.2 Å². The molecule has 14 nitrogen and oxygen atoms in total. The molecule has 4 N–H and O–H groups in total. The maximum Gasteiger partial charge on any atom is 0.248 e. The van der Waals surface area contributed by atoms with Crippen molar-refractivity contribution in [3.63, 3.8) is 0 Å². The van der Waals surface area contributed by atoms with Crippen LogP contribution in [0.4, 0.5) is 0 Å². The summed E-state index contributed by atoms with van der Waals surface area (Å²) in [4.78, 5) is 5.89. The van der Waals surface area contributed by atoms with Gasteiger partial charge in [0.15, 0.2) is 24.8 Å². The number of hydrogen-bond donors (Lipinski definition) is 0. The molecular formula is C12H12Cl2N4O10. The van der Waals surface area contributed by atoms with Gasteiger partial charge in [-0.2, -0.15) is 0 Å². The summed E-state index contributed by atoms with van der Waals surface area (Å²) >= 11 is 0. The van der Waals surface area contributed by atoms with Gasteiger partial charge in [0.1, 0.15) is 0 Å². The molecule has 0 saturated carbocycles. The maximum atomic E-state index is 8.49. The molecule has 0 aromatic carbocycles. The fourth-order valence-corrected chi connectivity index (χ4v) is 1.52. The molecule has 0 saturated heterocycles. The molecule has 3 heterocycles. The number of H-pyrrole nitrogens is 2. The third kappa shape index (κ3) is 12.9. The van der Waals surface area contributed by atoms with E-state index in [1.165, 1.54) is 0 Å². The summed E-state index contributed by atoms with van der Waals surface area (Å²) in [5, 5.41) is 8.04. The monoisotopic (exact) mass is 442 g/mol. The van der Waals surface area contributed by atoms with Gasteiger partial charge in [0, 0.05) is 24.3 Å². The first-order valence-corrected chi connectivity index (χ1v) is 8.90. The predicted molar refractivity (Wildman–Crippen MR) is 61.9 cm³/mol. The van der Waals surface area contributed by atoms with Crippen molar-refractivity contribution in [3.8, 4) is 22.9 Å². The summed E-state index contributed by atoms with van der Waals surface area (Å²) in [6.45, 7) is 0. The van der Waals surface area contributed by atoms with Crippen molar-refractivity contribution in [1.82, 2.24) is 10.2 Å². The van der Waals surface area contributed by atoms with Crippen LogP contribution >= 0.6 is 0 Å². The van der Waals surface area contributed by atoms with Crippen LogP contribution in [0.2, 0.25) is 0 Å². The summed E-state index contributed by atoms with van der Waals surface area (Å²) in [6.07, 6.45) is 7.26. The van der Waals surface area contributed by atoms with E-state index in [2.05, 4.69) is 20.2 Å². The van der Waals surface area contributed by atoms with Crippen LogP contribution in [0.15, 0.2) is 53.5 Å². The summed E-state index contributed by atoms with van der Waals surface area (Å²) in [5.74, 6) is 1.03. The minimum Gasteiger partial charge on any atom is -0.416 e.